The number of β-amino-alcohol motifs (C(OH)–C–C–N with tert-alkyl or cyclic N) is 1. The van der Waals surface area contributed by atoms with Gasteiger partial charge >= 0.3 is 0 Å². The van der Waals surface area contributed by atoms with Crippen LogP contribution in [0.15, 0.2) is 24.7 Å². The van der Waals surface area contributed by atoms with Crippen LogP contribution in [-0.2, 0) is 11.3 Å². The number of amides is 1. The predicted molar refractivity (Wildman–Crippen MR) is 97.8 cm³/mol. The lowest BCUT2D eigenvalue weighted by Crippen LogP contribution is -2.54. The number of hydrogen-bond acceptors (Lipinski definition) is 6. The van der Waals surface area contributed by atoms with Gasteiger partial charge in [0.25, 0.3) is 0 Å². The number of carbonyl (C=O) groups excluding carboxylic acids is 1. The van der Waals surface area contributed by atoms with Gasteiger partial charge in [-0.05, 0) is 32.8 Å². The summed E-state index contributed by atoms with van der Waals surface area (Å²) in [5.74, 6) is 0.734. The Bertz CT molecular complexity index is 762. The SMILES string of the molecule is Cc1cc(N2CCC[C@](O)(CNC(=O)CCn3ccc(C)n3)C2)ncn1. The highest BCUT2D eigenvalue weighted by atomic mass is 16.3. The van der Waals surface area contributed by atoms with Crippen LogP contribution >= 0.6 is 0 Å². The van der Waals surface area contributed by atoms with Crippen LogP contribution in [-0.4, -0.2) is 56.0 Å². The van der Waals surface area contributed by atoms with Gasteiger partial charge in [-0.15, -0.1) is 0 Å². The zero-order chi connectivity index (χ0) is 18.6. The number of carbonyl (C=O) groups is 1. The Labute approximate surface area is 153 Å². The van der Waals surface area contributed by atoms with Crippen molar-refractivity contribution < 1.29 is 9.90 Å². The molecule has 1 saturated heterocycles. The van der Waals surface area contributed by atoms with Crippen molar-refractivity contribution >= 4 is 11.7 Å². The van der Waals surface area contributed by atoms with Gasteiger partial charge in [0.15, 0.2) is 0 Å². The largest absolute Gasteiger partial charge is 0.386 e. The van der Waals surface area contributed by atoms with E-state index in [1.165, 1.54) is 6.33 Å². The molecule has 0 aromatic carbocycles. The summed E-state index contributed by atoms with van der Waals surface area (Å²) in [5, 5.41) is 18.0. The second kappa shape index (κ2) is 7.82. The van der Waals surface area contributed by atoms with E-state index in [-0.39, 0.29) is 12.5 Å². The molecule has 2 aromatic rings. The Hall–Kier alpha value is -2.48. The highest BCUT2D eigenvalue weighted by molar-refractivity contribution is 5.75. The lowest BCUT2D eigenvalue weighted by molar-refractivity contribution is -0.122. The quantitative estimate of drug-likeness (QED) is 0.794. The zero-order valence-electron chi connectivity index (χ0n) is 15.4. The Balaban J connectivity index is 1.50. The van der Waals surface area contributed by atoms with Crippen molar-refractivity contribution in [3.63, 3.8) is 0 Å². The molecule has 0 radical (unpaired) electrons. The molecule has 0 aliphatic carbocycles. The summed E-state index contributed by atoms with van der Waals surface area (Å²) in [6.45, 7) is 5.89. The van der Waals surface area contributed by atoms with Crippen LogP contribution in [0.4, 0.5) is 5.82 Å². The van der Waals surface area contributed by atoms with E-state index in [0.717, 1.165) is 30.2 Å². The lowest BCUT2D eigenvalue weighted by Gasteiger charge is -2.39. The summed E-state index contributed by atoms with van der Waals surface area (Å²) >= 11 is 0. The molecular formula is C18H26N6O2. The molecule has 1 aliphatic heterocycles. The van der Waals surface area contributed by atoms with Crippen molar-refractivity contribution in [1.82, 2.24) is 25.1 Å². The molecule has 0 bridgehead atoms. The lowest BCUT2D eigenvalue weighted by atomic mass is 9.92. The highest BCUT2D eigenvalue weighted by Crippen LogP contribution is 2.24. The molecule has 3 heterocycles. The summed E-state index contributed by atoms with van der Waals surface area (Å²) < 4.78 is 1.75. The number of aromatic nitrogens is 4. The molecular weight excluding hydrogens is 332 g/mol. The molecule has 3 rings (SSSR count). The Morgan fingerprint density at radius 2 is 2.19 bits per heavy atom. The van der Waals surface area contributed by atoms with Gasteiger partial charge in [-0.2, -0.15) is 5.10 Å². The van der Waals surface area contributed by atoms with Crippen LogP contribution in [0.1, 0.15) is 30.7 Å². The molecule has 8 heteroatoms. The number of piperidine rings is 1. The molecule has 26 heavy (non-hydrogen) atoms. The summed E-state index contributed by atoms with van der Waals surface area (Å²) in [5.41, 5.74) is 0.878. The first kappa shape index (κ1) is 18.3. The van der Waals surface area contributed by atoms with E-state index in [1.54, 1.807) is 4.68 Å². The van der Waals surface area contributed by atoms with E-state index >= 15 is 0 Å². The van der Waals surface area contributed by atoms with E-state index in [0.29, 0.717) is 25.9 Å². The van der Waals surface area contributed by atoms with Crippen LogP contribution in [0.3, 0.4) is 0 Å². The summed E-state index contributed by atoms with van der Waals surface area (Å²) in [4.78, 5) is 22.6. The van der Waals surface area contributed by atoms with Crippen LogP contribution in [0.2, 0.25) is 0 Å². The minimum atomic E-state index is -0.949. The van der Waals surface area contributed by atoms with Crippen LogP contribution in [0.5, 0.6) is 0 Å². The maximum atomic E-state index is 12.1. The number of anilines is 1. The molecule has 2 N–H and O–H groups in total. The number of aliphatic hydroxyl groups is 1. The number of rotatable bonds is 6. The zero-order valence-corrected chi connectivity index (χ0v) is 15.4. The normalized spacial score (nSPS) is 20.2. The van der Waals surface area contributed by atoms with E-state index in [9.17, 15) is 9.90 Å². The van der Waals surface area contributed by atoms with Gasteiger partial charge in [0.05, 0.1) is 11.3 Å². The maximum absolute atomic E-state index is 12.1. The predicted octanol–water partition coefficient (Wildman–Crippen LogP) is 0.828. The highest BCUT2D eigenvalue weighted by Gasteiger charge is 2.34. The third kappa shape index (κ3) is 4.78. The second-order valence-electron chi connectivity index (χ2n) is 7.01. The van der Waals surface area contributed by atoms with Crippen molar-refractivity contribution in [1.29, 1.82) is 0 Å². The van der Waals surface area contributed by atoms with E-state index in [1.807, 2.05) is 32.2 Å². The summed E-state index contributed by atoms with van der Waals surface area (Å²) in [6, 6.07) is 3.82. The topological polar surface area (TPSA) is 96.2 Å². The first-order valence-corrected chi connectivity index (χ1v) is 8.96. The van der Waals surface area contributed by atoms with Crippen molar-refractivity contribution in [2.75, 3.05) is 24.5 Å². The fraction of sp³-hybridized carbons (Fsp3) is 0.556. The molecule has 0 saturated carbocycles. The fourth-order valence-corrected chi connectivity index (χ4v) is 3.22. The van der Waals surface area contributed by atoms with Crippen molar-refractivity contribution in [2.24, 2.45) is 0 Å². The van der Waals surface area contributed by atoms with Gasteiger partial charge < -0.3 is 15.3 Å². The fourth-order valence-electron chi connectivity index (χ4n) is 3.22. The third-order valence-corrected chi connectivity index (χ3v) is 4.63. The third-order valence-electron chi connectivity index (χ3n) is 4.63. The van der Waals surface area contributed by atoms with Crippen LogP contribution < -0.4 is 10.2 Å². The van der Waals surface area contributed by atoms with Gasteiger partial charge in [0.2, 0.25) is 5.91 Å². The number of nitrogens with one attached hydrogen (secondary N) is 1. The molecule has 1 amide bonds. The standard InChI is InChI=1S/C18H26N6O2/c1-14-4-8-24(22-14)9-5-17(25)19-11-18(26)6-3-7-23(12-18)16-10-15(2)20-13-21-16/h4,8,10,13,26H,3,5-7,9,11-12H2,1-2H3,(H,19,25)/t18-/m0/s1. The monoisotopic (exact) mass is 358 g/mol. The van der Waals surface area contributed by atoms with E-state index in [4.69, 9.17) is 0 Å². The molecule has 140 valence electrons. The van der Waals surface area contributed by atoms with Crippen LogP contribution in [0.25, 0.3) is 0 Å². The summed E-state index contributed by atoms with van der Waals surface area (Å²) in [6.07, 6.45) is 5.25. The number of aryl methyl sites for hydroxylation is 3. The van der Waals surface area contributed by atoms with E-state index in [2.05, 4.69) is 25.3 Å². The van der Waals surface area contributed by atoms with Gasteiger partial charge in [0.1, 0.15) is 12.1 Å². The molecule has 0 spiro atoms. The Kier molecular flexibility index (Phi) is 5.51. The maximum Gasteiger partial charge on any atom is 0.221 e. The smallest absolute Gasteiger partial charge is 0.221 e. The van der Waals surface area contributed by atoms with E-state index < -0.39 is 5.60 Å². The van der Waals surface area contributed by atoms with Gasteiger partial charge in [-0.1, -0.05) is 0 Å². The number of hydrogen-bond donors (Lipinski definition) is 2. The minimum Gasteiger partial charge on any atom is -0.386 e. The first-order valence-electron chi connectivity index (χ1n) is 8.96. The van der Waals surface area contributed by atoms with Crippen molar-refractivity contribution in [3.8, 4) is 0 Å². The Morgan fingerprint density at radius 3 is 2.92 bits per heavy atom. The summed E-state index contributed by atoms with van der Waals surface area (Å²) in [7, 11) is 0. The average molecular weight is 358 g/mol. The molecule has 1 atom stereocenters. The second-order valence-corrected chi connectivity index (χ2v) is 7.01. The molecule has 0 unspecified atom stereocenters. The Morgan fingerprint density at radius 1 is 1.35 bits per heavy atom. The molecule has 1 aliphatic rings. The van der Waals surface area contributed by atoms with Crippen molar-refractivity contribution in [2.45, 2.75) is 45.3 Å². The first-order chi connectivity index (χ1) is 12.4. The minimum absolute atomic E-state index is 0.0819. The average Bonchev–Trinajstić information content (AvgIpc) is 3.04. The van der Waals surface area contributed by atoms with Crippen LogP contribution in [0, 0.1) is 13.8 Å². The molecule has 8 nitrogen and oxygen atoms in total. The number of nitrogens with zero attached hydrogens (tertiary/aromatic N) is 5. The van der Waals surface area contributed by atoms with Gasteiger partial charge in [-0.3, -0.25) is 9.48 Å². The van der Waals surface area contributed by atoms with Gasteiger partial charge in [-0.25, -0.2) is 9.97 Å². The molecule has 1 fully saturated rings. The van der Waals surface area contributed by atoms with Crippen molar-refractivity contribution in [3.05, 3.63) is 36.0 Å². The van der Waals surface area contributed by atoms with Gasteiger partial charge in [0, 0.05) is 50.6 Å². The molecule has 2 aromatic heterocycles.